The zero-order valence-corrected chi connectivity index (χ0v) is 15.6. The molecule has 1 aliphatic rings. The Balaban J connectivity index is 1.64. The fourth-order valence-electron chi connectivity index (χ4n) is 3.14. The Morgan fingerprint density at radius 3 is 2.74 bits per heavy atom. The second-order valence-corrected chi connectivity index (χ2v) is 6.80. The maximum Gasteiger partial charge on any atom is 0.325 e. The molecular formula is C20H24FN3O3. The van der Waals surface area contributed by atoms with E-state index in [4.69, 9.17) is 4.74 Å². The summed E-state index contributed by atoms with van der Waals surface area (Å²) in [6.45, 7) is 3.64. The zero-order chi connectivity index (χ0) is 19.4. The number of hydrogen-bond donors (Lipinski definition) is 1. The predicted octanol–water partition coefficient (Wildman–Crippen LogP) is 2.71. The molecule has 0 aliphatic heterocycles. The molecule has 1 amide bonds. The third kappa shape index (κ3) is 4.35. The van der Waals surface area contributed by atoms with Crippen molar-refractivity contribution in [2.75, 3.05) is 6.54 Å². The number of hydrogen-bond acceptors (Lipinski definition) is 4. The van der Waals surface area contributed by atoms with Gasteiger partial charge in [0.25, 0.3) is 0 Å². The Labute approximate surface area is 157 Å². The molecule has 27 heavy (non-hydrogen) atoms. The van der Waals surface area contributed by atoms with Gasteiger partial charge in [-0.3, -0.25) is 9.59 Å². The fraction of sp³-hybridized carbons (Fsp3) is 0.450. The second-order valence-electron chi connectivity index (χ2n) is 6.80. The Morgan fingerprint density at radius 2 is 2.04 bits per heavy atom. The molecule has 1 atom stereocenters. The molecule has 0 saturated carbocycles. The molecule has 144 valence electrons. The molecule has 1 heterocycles. The highest BCUT2D eigenvalue weighted by Gasteiger charge is 2.24. The Kier molecular flexibility index (Phi) is 5.88. The fourth-order valence-corrected chi connectivity index (χ4v) is 3.14. The van der Waals surface area contributed by atoms with Crippen molar-refractivity contribution in [3.05, 3.63) is 47.0 Å². The molecular weight excluding hydrogens is 349 g/mol. The first kappa shape index (κ1) is 19.1. The topological polar surface area (TPSA) is 73.2 Å². The number of fused-ring (bicyclic) bond motifs is 1. The van der Waals surface area contributed by atoms with Crippen LogP contribution < -0.4 is 5.32 Å². The average Bonchev–Trinajstić information content (AvgIpc) is 3.27. The molecule has 3 rings (SSSR count). The van der Waals surface area contributed by atoms with Gasteiger partial charge in [-0.05, 0) is 49.9 Å². The van der Waals surface area contributed by atoms with Gasteiger partial charge in [-0.1, -0.05) is 13.8 Å². The van der Waals surface area contributed by atoms with Gasteiger partial charge in [-0.2, -0.15) is 5.10 Å². The lowest BCUT2D eigenvalue weighted by Gasteiger charge is -2.09. The lowest BCUT2D eigenvalue weighted by molar-refractivity contribution is -0.145. The number of nitrogens with one attached hydrogen (secondary N) is 1. The van der Waals surface area contributed by atoms with Crippen LogP contribution in [-0.2, 0) is 33.8 Å². The number of halogens is 1. The van der Waals surface area contributed by atoms with Gasteiger partial charge in [0.15, 0.2) is 0 Å². The molecule has 6 nitrogen and oxygen atoms in total. The van der Waals surface area contributed by atoms with Gasteiger partial charge in [0.1, 0.15) is 24.7 Å². The van der Waals surface area contributed by atoms with E-state index in [2.05, 4.69) is 10.4 Å². The summed E-state index contributed by atoms with van der Waals surface area (Å²) in [5.41, 5.74) is 3.68. The lowest BCUT2D eigenvalue weighted by Crippen LogP contribution is -2.34. The Morgan fingerprint density at radius 1 is 1.30 bits per heavy atom. The molecule has 0 bridgehead atoms. The van der Waals surface area contributed by atoms with Crippen LogP contribution in [0.1, 0.15) is 43.6 Å². The van der Waals surface area contributed by atoms with E-state index < -0.39 is 5.97 Å². The minimum atomic E-state index is -0.491. The summed E-state index contributed by atoms with van der Waals surface area (Å²) in [7, 11) is 0. The minimum absolute atomic E-state index is 0.0641. The molecule has 0 spiro atoms. The first-order valence-electron chi connectivity index (χ1n) is 9.28. The lowest BCUT2D eigenvalue weighted by atomic mass is 10.1. The van der Waals surface area contributed by atoms with Crippen LogP contribution in [0.3, 0.4) is 0 Å². The summed E-state index contributed by atoms with van der Waals surface area (Å²) in [5, 5.41) is 7.15. The van der Waals surface area contributed by atoms with Gasteiger partial charge in [0, 0.05) is 17.2 Å². The number of amides is 1. The van der Waals surface area contributed by atoms with E-state index in [1.807, 2.05) is 13.8 Å². The number of nitrogens with zero attached hydrogens (tertiary/aromatic N) is 2. The van der Waals surface area contributed by atoms with Crippen molar-refractivity contribution in [3.8, 4) is 5.69 Å². The quantitative estimate of drug-likeness (QED) is 0.758. The summed E-state index contributed by atoms with van der Waals surface area (Å²) in [6, 6.07) is 6.17. The maximum absolute atomic E-state index is 13.2. The van der Waals surface area contributed by atoms with Gasteiger partial charge < -0.3 is 10.1 Å². The number of esters is 1. The molecule has 0 fully saturated rings. The van der Waals surface area contributed by atoms with E-state index in [9.17, 15) is 14.0 Å². The third-order valence-electron chi connectivity index (χ3n) is 4.92. The number of aromatic nitrogens is 2. The van der Waals surface area contributed by atoms with Crippen LogP contribution in [0.15, 0.2) is 24.3 Å². The van der Waals surface area contributed by atoms with Crippen molar-refractivity contribution in [3.63, 3.8) is 0 Å². The SMILES string of the molecule is CCC(C)C(=O)NCC(=O)OCc1nn(-c2ccc(F)cc2)c2c1CCC2. The number of benzene rings is 1. The first-order valence-corrected chi connectivity index (χ1v) is 9.28. The van der Waals surface area contributed by atoms with E-state index >= 15 is 0 Å². The van der Waals surface area contributed by atoms with Crippen LogP contribution in [0.4, 0.5) is 4.39 Å². The van der Waals surface area contributed by atoms with Crippen molar-refractivity contribution in [1.82, 2.24) is 15.1 Å². The van der Waals surface area contributed by atoms with E-state index in [-0.39, 0.29) is 30.8 Å². The van der Waals surface area contributed by atoms with Crippen molar-refractivity contribution >= 4 is 11.9 Å². The van der Waals surface area contributed by atoms with Crippen LogP contribution >= 0.6 is 0 Å². The minimum Gasteiger partial charge on any atom is -0.458 e. The molecule has 0 radical (unpaired) electrons. The second kappa shape index (κ2) is 8.33. The molecule has 0 saturated heterocycles. The van der Waals surface area contributed by atoms with E-state index in [1.54, 1.807) is 16.8 Å². The normalized spacial score (nSPS) is 13.9. The maximum atomic E-state index is 13.2. The largest absolute Gasteiger partial charge is 0.458 e. The number of carbonyl (C=O) groups is 2. The molecule has 1 aromatic heterocycles. The average molecular weight is 373 g/mol. The number of carbonyl (C=O) groups excluding carboxylic acids is 2. The monoisotopic (exact) mass is 373 g/mol. The zero-order valence-electron chi connectivity index (χ0n) is 15.6. The van der Waals surface area contributed by atoms with Crippen LogP contribution in [0.2, 0.25) is 0 Å². The van der Waals surface area contributed by atoms with Gasteiger partial charge in [-0.25, -0.2) is 9.07 Å². The summed E-state index contributed by atoms with van der Waals surface area (Å²) in [4.78, 5) is 23.7. The van der Waals surface area contributed by atoms with Gasteiger partial charge in [0.2, 0.25) is 5.91 Å². The van der Waals surface area contributed by atoms with E-state index in [0.717, 1.165) is 36.2 Å². The van der Waals surface area contributed by atoms with Crippen molar-refractivity contribution in [2.24, 2.45) is 5.92 Å². The molecule has 1 unspecified atom stereocenters. The van der Waals surface area contributed by atoms with E-state index in [1.165, 1.54) is 12.1 Å². The van der Waals surface area contributed by atoms with Crippen LogP contribution in [0.25, 0.3) is 5.69 Å². The predicted molar refractivity (Wildman–Crippen MR) is 97.8 cm³/mol. The van der Waals surface area contributed by atoms with Gasteiger partial charge in [-0.15, -0.1) is 0 Å². The summed E-state index contributed by atoms with van der Waals surface area (Å²) in [5.74, 6) is -1.07. The third-order valence-corrected chi connectivity index (χ3v) is 4.92. The Hall–Kier alpha value is -2.70. The number of ether oxygens (including phenoxy) is 1. The molecule has 1 aromatic carbocycles. The Bertz CT molecular complexity index is 830. The summed E-state index contributed by atoms with van der Waals surface area (Å²) in [6.07, 6.45) is 3.50. The molecule has 1 N–H and O–H groups in total. The highest BCUT2D eigenvalue weighted by Crippen LogP contribution is 2.28. The summed E-state index contributed by atoms with van der Waals surface area (Å²) >= 11 is 0. The first-order chi connectivity index (χ1) is 13.0. The van der Waals surface area contributed by atoms with Crippen LogP contribution in [0, 0.1) is 11.7 Å². The molecule has 1 aliphatic carbocycles. The van der Waals surface area contributed by atoms with Crippen LogP contribution in [0.5, 0.6) is 0 Å². The van der Waals surface area contributed by atoms with Crippen molar-refractivity contribution < 1.29 is 18.7 Å². The van der Waals surface area contributed by atoms with Gasteiger partial charge in [0.05, 0.1) is 5.69 Å². The molecule has 7 heteroatoms. The van der Waals surface area contributed by atoms with Crippen molar-refractivity contribution in [2.45, 2.75) is 46.1 Å². The van der Waals surface area contributed by atoms with Gasteiger partial charge >= 0.3 is 5.97 Å². The smallest absolute Gasteiger partial charge is 0.325 e. The van der Waals surface area contributed by atoms with Crippen LogP contribution in [-0.4, -0.2) is 28.2 Å². The number of rotatable bonds is 7. The standard InChI is InChI=1S/C20H24FN3O3/c1-3-13(2)20(26)22-11-19(25)27-12-17-16-5-4-6-18(16)24(23-17)15-9-7-14(21)8-10-15/h7-10,13H,3-6,11-12H2,1-2H3,(H,22,26). The van der Waals surface area contributed by atoms with Crippen molar-refractivity contribution in [1.29, 1.82) is 0 Å². The highest BCUT2D eigenvalue weighted by atomic mass is 19.1. The highest BCUT2D eigenvalue weighted by molar-refractivity contribution is 5.83. The molecule has 2 aromatic rings. The summed E-state index contributed by atoms with van der Waals surface area (Å²) < 4.78 is 20.3. The van der Waals surface area contributed by atoms with E-state index in [0.29, 0.717) is 12.1 Å².